The molecule has 23 heavy (non-hydrogen) atoms. The first-order chi connectivity index (χ1) is 11.1. The Balaban J connectivity index is 2.28. The van der Waals surface area contributed by atoms with Crippen LogP contribution in [0.2, 0.25) is 0 Å². The van der Waals surface area contributed by atoms with Crippen molar-refractivity contribution in [1.82, 2.24) is 14.9 Å². The topological polar surface area (TPSA) is 65.2 Å². The Morgan fingerprint density at radius 1 is 1.22 bits per heavy atom. The Morgan fingerprint density at radius 2 is 1.96 bits per heavy atom. The van der Waals surface area contributed by atoms with Gasteiger partial charge in [0.25, 0.3) is 0 Å². The molecule has 0 radical (unpaired) electrons. The highest BCUT2D eigenvalue weighted by Gasteiger charge is 2.16. The van der Waals surface area contributed by atoms with E-state index < -0.39 is 0 Å². The second kappa shape index (κ2) is 6.15. The molecule has 2 aromatic heterocycles. The molecule has 0 unspecified atom stereocenters. The van der Waals surface area contributed by atoms with Crippen molar-refractivity contribution >= 4 is 33.7 Å². The van der Waals surface area contributed by atoms with Crippen molar-refractivity contribution in [2.24, 2.45) is 4.99 Å². The second-order valence-corrected chi connectivity index (χ2v) is 6.29. The summed E-state index contributed by atoms with van der Waals surface area (Å²) in [6.45, 7) is 1.91. The number of nitrogens with zero attached hydrogens (tertiary/aromatic N) is 5. The first kappa shape index (κ1) is 15.1. The fraction of sp³-hybridized carbons (Fsp3) is 0.176. The summed E-state index contributed by atoms with van der Waals surface area (Å²) in [4.78, 5) is 17.0. The molecule has 0 N–H and O–H groups in total. The van der Waals surface area contributed by atoms with Gasteiger partial charge in [-0.15, -0.1) is 11.3 Å². The summed E-state index contributed by atoms with van der Waals surface area (Å²) < 4.78 is 0. The van der Waals surface area contributed by atoms with E-state index in [1.54, 1.807) is 6.34 Å². The molecular weight excluding hydrogens is 306 g/mol. The summed E-state index contributed by atoms with van der Waals surface area (Å²) in [6, 6.07) is 12.0. The van der Waals surface area contributed by atoms with Crippen LogP contribution < -0.4 is 0 Å². The van der Waals surface area contributed by atoms with Crippen LogP contribution in [0.5, 0.6) is 0 Å². The van der Waals surface area contributed by atoms with Crippen LogP contribution in [-0.4, -0.2) is 35.3 Å². The lowest BCUT2D eigenvalue weighted by atomic mass is 10.2. The van der Waals surface area contributed by atoms with Crippen molar-refractivity contribution in [2.75, 3.05) is 14.1 Å². The molecule has 5 nitrogen and oxygen atoms in total. The van der Waals surface area contributed by atoms with Gasteiger partial charge in [0.2, 0.25) is 0 Å². The highest BCUT2D eigenvalue weighted by molar-refractivity contribution is 7.19. The Kier molecular flexibility index (Phi) is 4.04. The largest absolute Gasteiger partial charge is 0.369 e. The van der Waals surface area contributed by atoms with Gasteiger partial charge in [0.1, 0.15) is 15.8 Å². The first-order valence-electron chi connectivity index (χ1n) is 7.07. The Hall–Kier alpha value is -2.78. The van der Waals surface area contributed by atoms with Gasteiger partial charge in [0.15, 0.2) is 11.6 Å². The molecule has 0 spiro atoms. The van der Waals surface area contributed by atoms with Crippen molar-refractivity contribution in [1.29, 1.82) is 5.26 Å². The van der Waals surface area contributed by atoms with Gasteiger partial charge in [-0.2, -0.15) is 5.26 Å². The number of aryl methyl sites for hydroxylation is 1. The highest BCUT2D eigenvalue weighted by Crippen LogP contribution is 2.36. The van der Waals surface area contributed by atoms with Gasteiger partial charge in [0.05, 0.1) is 11.7 Å². The molecular formula is C17H15N5S. The van der Waals surface area contributed by atoms with Crippen LogP contribution in [0.1, 0.15) is 10.4 Å². The van der Waals surface area contributed by atoms with Gasteiger partial charge in [-0.05, 0) is 12.5 Å². The number of benzene rings is 1. The van der Waals surface area contributed by atoms with E-state index in [0.717, 1.165) is 21.3 Å². The van der Waals surface area contributed by atoms with Gasteiger partial charge in [0, 0.05) is 19.7 Å². The van der Waals surface area contributed by atoms with E-state index in [1.165, 1.54) is 11.3 Å². The number of aromatic nitrogens is 2. The van der Waals surface area contributed by atoms with Crippen LogP contribution in [0.4, 0.5) is 5.82 Å². The predicted molar refractivity (Wildman–Crippen MR) is 94.1 cm³/mol. The summed E-state index contributed by atoms with van der Waals surface area (Å²) in [6.07, 6.45) is 1.71. The molecule has 0 aliphatic carbocycles. The number of aliphatic imine (C=N–C) groups is 1. The molecule has 1 aromatic carbocycles. The van der Waals surface area contributed by atoms with Crippen LogP contribution in [-0.2, 0) is 0 Å². The molecule has 0 fully saturated rings. The molecule has 3 rings (SSSR count). The van der Waals surface area contributed by atoms with Gasteiger partial charge < -0.3 is 4.90 Å². The minimum Gasteiger partial charge on any atom is -0.369 e. The van der Waals surface area contributed by atoms with Crippen LogP contribution in [0.3, 0.4) is 0 Å². The van der Waals surface area contributed by atoms with E-state index in [2.05, 4.69) is 21.0 Å². The lowest BCUT2D eigenvalue weighted by Crippen LogP contribution is -2.07. The molecule has 3 aromatic rings. The van der Waals surface area contributed by atoms with Crippen molar-refractivity contribution in [2.45, 2.75) is 6.92 Å². The molecule has 0 aliphatic heterocycles. The molecule has 2 heterocycles. The standard InChI is InChI=1S/C17H15N5S/c1-11-13(9-18)23-17-14(11)16(19-10-22(2)3)20-15(21-17)12-7-5-4-6-8-12/h4-8,10H,1-3H3/b19-10+. The van der Waals surface area contributed by atoms with Gasteiger partial charge in [-0.25, -0.2) is 15.0 Å². The zero-order chi connectivity index (χ0) is 16.4. The maximum atomic E-state index is 9.28. The number of hydrogen-bond donors (Lipinski definition) is 0. The maximum absolute atomic E-state index is 9.28. The fourth-order valence-corrected chi connectivity index (χ4v) is 3.18. The monoisotopic (exact) mass is 321 g/mol. The lowest BCUT2D eigenvalue weighted by Gasteiger charge is -2.05. The number of thiophene rings is 1. The van der Waals surface area contributed by atoms with Gasteiger partial charge >= 0.3 is 0 Å². The fourth-order valence-electron chi connectivity index (χ4n) is 2.20. The van der Waals surface area contributed by atoms with Gasteiger partial charge in [-0.3, -0.25) is 0 Å². The van der Waals surface area contributed by atoms with Crippen LogP contribution in [0, 0.1) is 18.3 Å². The normalized spacial score (nSPS) is 11.0. The van der Waals surface area contributed by atoms with Gasteiger partial charge in [-0.1, -0.05) is 30.3 Å². The van der Waals surface area contributed by atoms with E-state index in [0.29, 0.717) is 16.5 Å². The minimum absolute atomic E-state index is 0.595. The molecule has 0 amide bonds. The number of hydrogen-bond acceptors (Lipinski definition) is 5. The maximum Gasteiger partial charge on any atom is 0.166 e. The summed E-state index contributed by atoms with van der Waals surface area (Å²) >= 11 is 1.38. The predicted octanol–water partition coefficient (Wildman–Crippen LogP) is 3.76. The Labute approximate surface area is 138 Å². The molecule has 6 heteroatoms. The minimum atomic E-state index is 0.595. The van der Waals surface area contributed by atoms with Crippen molar-refractivity contribution in [3.05, 3.63) is 40.8 Å². The SMILES string of the molecule is Cc1c(C#N)sc2nc(-c3ccccc3)nc(/N=C/N(C)C)c12. The smallest absolute Gasteiger partial charge is 0.166 e. The molecule has 0 bridgehead atoms. The van der Waals surface area contributed by atoms with E-state index in [4.69, 9.17) is 0 Å². The second-order valence-electron chi connectivity index (χ2n) is 5.29. The van der Waals surface area contributed by atoms with E-state index in [1.807, 2.05) is 56.3 Å². The molecule has 0 saturated carbocycles. The zero-order valence-corrected chi connectivity index (χ0v) is 13.9. The average molecular weight is 321 g/mol. The summed E-state index contributed by atoms with van der Waals surface area (Å²) in [5, 5.41) is 10.1. The van der Waals surface area contributed by atoms with Crippen molar-refractivity contribution in [3.63, 3.8) is 0 Å². The first-order valence-corrected chi connectivity index (χ1v) is 7.89. The third-order valence-electron chi connectivity index (χ3n) is 3.32. The molecule has 114 valence electrons. The third-order valence-corrected chi connectivity index (χ3v) is 4.41. The number of rotatable bonds is 3. The number of nitriles is 1. The average Bonchev–Trinajstić information content (AvgIpc) is 2.89. The summed E-state index contributed by atoms with van der Waals surface area (Å²) in [7, 11) is 3.81. The quantitative estimate of drug-likeness (QED) is 0.544. The van der Waals surface area contributed by atoms with Crippen LogP contribution >= 0.6 is 11.3 Å². The zero-order valence-electron chi connectivity index (χ0n) is 13.1. The van der Waals surface area contributed by atoms with Crippen LogP contribution in [0.25, 0.3) is 21.6 Å². The lowest BCUT2D eigenvalue weighted by molar-refractivity contribution is 0.643. The Morgan fingerprint density at radius 3 is 2.61 bits per heavy atom. The Bertz CT molecular complexity index is 920. The molecule has 0 aliphatic rings. The summed E-state index contributed by atoms with van der Waals surface area (Å²) in [5.74, 6) is 1.22. The van der Waals surface area contributed by atoms with E-state index >= 15 is 0 Å². The molecule has 0 saturated heterocycles. The number of fused-ring (bicyclic) bond motifs is 1. The van der Waals surface area contributed by atoms with E-state index in [9.17, 15) is 5.26 Å². The van der Waals surface area contributed by atoms with E-state index in [-0.39, 0.29) is 0 Å². The highest BCUT2D eigenvalue weighted by atomic mass is 32.1. The van der Waals surface area contributed by atoms with Crippen molar-refractivity contribution < 1.29 is 0 Å². The third kappa shape index (κ3) is 2.91. The molecule has 0 atom stereocenters. The van der Waals surface area contributed by atoms with Crippen LogP contribution in [0.15, 0.2) is 35.3 Å². The van der Waals surface area contributed by atoms with Crippen molar-refractivity contribution in [3.8, 4) is 17.5 Å². The summed E-state index contributed by atoms with van der Waals surface area (Å²) in [5.41, 5.74) is 1.82.